The molecule has 2 aromatic carbocycles. The first-order valence-corrected chi connectivity index (χ1v) is 8.55. The van der Waals surface area contributed by atoms with Gasteiger partial charge in [-0.05, 0) is 48.4 Å². The number of anilines is 1. The molecule has 2 aromatic rings. The van der Waals surface area contributed by atoms with E-state index in [4.69, 9.17) is 9.84 Å². The molecule has 7 nitrogen and oxygen atoms in total. The van der Waals surface area contributed by atoms with E-state index in [1.807, 2.05) is 0 Å². The number of carboxylic acids is 1. The van der Waals surface area contributed by atoms with Gasteiger partial charge in [0.25, 0.3) is 0 Å². The molecule has 0 spiro atoms. The second-order valence-corrected chi connectivity index (χ2v) is 5.87. The number of ether oxygens (including phenoxy) is 2. The Hall–Kier alpha value is -3.43. The summed E-state index contributed by atoms with van der Waals surface area (Å²) in [5.74, 6) is -0.669. The van der Waals surface area contributed by atoms with E-state index in [1.165, 1.54) is 12.1 Å². The predicted molar refractivity (Wildman–Crippen MR) is 97.8 cm³/mol. The van der Waals surface area contributed by atoms with Crippen LogP contribution in [0.15, 0.2) is 48.5 Å². The zero-order valence-corrected chi connectivity index (χ0v) is 15.2. The van der Waals surface area contributed by atoms with Crippen molar-refractivity contribution in [2.45, 2.75) is 25.7 Å². The van der Waals surface area contributed by atoms with E-state index in [2.05, 4.69) is 15.4 Å². The van der Waals surface area contributed by atoms with Gasteiger partial charge in [-0.3, -0.25) is 4.79 Å². The lowest BCUT2D eigenvalue weighted by Crippen LogP contribution is -2.28. The van der Waals surface area contributed by atoms with Gasteiger partial charge in [-0.15, -0.1) is 13.2 Å². The molecule has 0 heterocycles. The Kier molecular flexibility index (Phi) is 7.70. The fourth-order valence-electron chi connectivity index (χ4n) is 2.21. The average molecular weight is 412 g/mol. The van der Waals surface area contributed by atoms with Crippen molar-refractivity contribution in [3.63, 3.8) is 0 Å². The molecule has 156 valence electrons. The van der Waals surface area contributed by atoms with Gasteiger partial charge in [0.15, 0.2) is 0 Å². The van der Waals surface area contributed by atoms with Crippen molar-refractivity contribution in [2.75, 3.05) is 11.9 Å². The highest BCUT2D eigenvalue weighted by Crippen LogP contribution is 2.23. The number of amides is 2. The molecule has 0 fully saturated rings. The Morgan fingerprint density at radius 3 is 2.17 bits per heavy atom. The van der Waals surface area contributed by atoms with Crippen LogP contribution in [0.1, 0.15) is 18.4 Å². The normalized spacial score (nSPS) is 10.9. The number of carboxylic acid groups (broad SMARTS) is 1. The summed E-state index contributed by atoms with van der Waals surface area (Å²) in [6, 6.07) is 11.1. The zero-order chi connectivity index (χ0) is 21.3. The van der Waals surface area contributed by atoms with E-state index in [1.54, 1.807) is 24.3 Å². The molecule has 0 aliphatic carbocycles. The SMILES string of the molecule is O=C(O)CCCOc1ccc(CNC(=O)Nc2ccc(OC(F)(F)F)cc2)cc1. The van der Waals surface area contributed by atoms with Crippen LogP contribution in [0.4, 0.5) is 23.7 Å². The lowest BCUT2D eigenvalue weighted by molar-refractivity contribution is -0.274. The largest absolute Gasteiger partial charge is 0.573 e. The molecule has 0 aliphatic rings. The van der Waals surface area contributed by atoms with Crippen LogP contribution in [0.5, 0.6) is 11.5 Å². The Morgan fingerprint density at radius 1 is 0.966 bits per heavy atom. The minimum atomic E-state index is -4.77. The summed E-state index contributed by atoms with van der Waals surface area (Å²) in [7, 11) is 0. The third kappa shape index (κ3) is 8.87. The van der Waals surface area contributed by atoms with Crippen LogP contribution in [-0.2, 0) is 11.3 Å². The molecule has 0 bridgehead atoms. The van der Waals surface area contributed by atoms with Crippen molar-refractivity contribution in [3.05, 3.63) is 54.1 Å². The number of aliphatic carboxylic acids is 1. The maximum Gasteiger partial charge on any atom is 0.573 e. The van der Waals surface area contributed by atoms with E-state index < -0.39 is 18.4 Å². The number of hydrogen-bond donors (Lipinski definition) is 3. The molecule has 0 aliphatic heterocycles. The fraction of sp³-hybridized carbons (Fsp3) is 0.263. The molecule has 2 rings (SSSR count). The minimum absolute atomic E-state index is 0.0369. The summed E-state index contributed by atoms with van der Waals surface area (Å²) in [4.78, 5) is 22.3. The van der Waals surface area contributed by atoms with Gasteiger partial charge < -0.3 is 25.2 Å². The molecular weight excluding hydrogens is 393 g/mol. The van der Waals surface area contributed by atoms with Crippen LogP contribution in [-0.4, -0.2) is 30.1 Å². The van der Waals surface area contributed by atoms with E-state index in [9.17, 15) is 22.8 Å². The Balaban J connectivity index is 1.74. The quantitative estimate of drug-likeness (QED) is 0.538. The monoisotopic (exact) mass is 412 g/mol. The van der Waals surface area contributed by atoms with Crippen molar-refractivity contribution in [1.82, 2.24) is 5.32 Å². The first-order valence-electron chi connectivity index (χ1n) is 8.55. The maximum absolute atomic E-state index is 12.1. The Bertz CT molecular complexity index is 808. The fourth-order valence-corrected chi connectivity index (χ4v) is 2.21. The van der Waals surface area contributed by atoms with Crippen molar-refractivity contribution in [3.8, 4) is 11.5 Å². The molecule has 0 aromatic heterocycles. The van der Waals surface area contributed by atoms with Crippen LogP contribution in [0, 0.1) is 0 Å². The highest BCUT2D eigenvalue weighted by Gasteiger charge is 2.30. The topological polar surface area (TPSA) is 96.9 Å². The number of alkyl halides is 3. The number of rotatable bonds is 9. The van der Waals surface area contributed by atoms with Crippen LogP contribution in [0.2, 0.25) is 0 Å². The third-order valence-electron chi connectivity index (χ3n) is 3.53. The van der Waals surface area contributed by atoms with Crippen molar-refractivity contribution >= 4 is 17.7 Å². The highest BCUT2D eigenvalue weighted by atomic mass is 19.4. The van der Waals surface area contributed by atoms with Crippen molar-refractivity contribution in [1.29, 1.82) is 0 Å². The van der Waals surface area contributed by atoms with Crippen LogP contribution >= 0.6 is 0 Å². The number of benzene rings is 2. The number of halogens is 3. The minimum Gasteiger partial charge on any atom is -0.494 e. The first kappa shape index (κ1) is 21.9. The molecule has 29 heavy (non-hydrogen) atoms. The average Bonchev–Trinajstić information content (AvgIpc) is 2.65. The second-order valence-electron chi connectivity index (χ2n) is 5.87. The molecule has 0 unspecified atom stereocenters. The number of carbonyl (C=O) groups excluding carboxylic acids is 1. The van der Waals surface area contributed by atoms with E-state index in [0.717, 1.165) is 17.7 Å². The van der Waals surface area contributed by atoms with Crippen LogP contribution < -0.4 is 20.1 Å². The summed E-state index contributed by atoms with van der Waals surface area (Å²) < 4.78 is 45.5. The van der Waals surface area contributed by atoms with Gasteiger partial charge in [-0.1, -0.05) is 12.1 Å². The van der Waals surface area contributed by atoms with Crippen LogP contribution in [0.25, 0.3) is 0 Å². The summed E-state index contributed by atoms with van der Waals surface area (Å²) >= 11 is 0. The van der Waals surface area contributed by atoms with Crippen molar-refractivity contribution < 1.29 is 37.3 Å². The summed E-state index contributed by atoms with van der Waals surface area (Å²) in [5, 5.41) is 13.7. The van der Waals surface area contributed by atoms with Gasteiger partial charge in [0.2, 0.25) is 0 Å². The smallest absolute Gasteiger partial charge is 0.494 e. The summed E-state index contributed by atoms with van der Waals surface area (Å²) in [5.41, 5.74) is 1.11. The van der Waals surface area contributed by atoms with Gasteiger partial charge in [0.05, 0.1) is 6.61 Å². The van der Waals surface area contributed by atoms with Gasteiger partial charge in [-0.25, -0.2) is 4.79 Å². The lowest BCUT2D eigenvalue weighted by atomic mass is 10.2. The van der Waals surface area contributed by atoms with E-state index in [-0.39, 0.29) is 18.7 Å². The van der Waals surface area contributed by atoms with Crippen LogP contribution in [0.3, 0.4) is 0 Å². The van der Waals surface area contributed by atoms with Gasteiger partial charge in [-0.2, -0.15) is 0 Å². The Labute approximate surface area is 164 Å². The number of nitrogens with one attached hydrogen (secondary N) is 2. The maximum atomic E-state index is 12.1. The first-order chi connectivity index (χ1) is 13.7. The van der Waals surface area contributed by atoms with Gasteiger partial charge in [0, 0.05) is 18.7 Å². The van der Waals surface area contributed by atoms with E-state index in [0.29, 0.717) is 24.5 Å². The lowest BCUT2D eigenvalue weighted by Gasteiger charge is -2.11. The molecule has 10 heteroatoms. The van der Waals surface area contributed by atoms with E-state index >= 15 is 0 Å². The summed E-state index contributed by atoms with van der Waals surface area (Å²) in [6.07, 6.45) is -4.33. The third-order valence-corrected chi connectivity index (χ3v) is 3.53. The zero-order valence-electron chi connectivity index (χ0n) is 15.2. The van der Waals surface area contributed by atoms with Gasteiger partial charge >= 0.3 is 18.4 Å². The number of carbonyl (C=O) groups is 2. The second kappa shape index (κ2) is 10.2. The summed E-state index contributed by atoms with van der Waals surface area (Å²) in [6.45, 7) is 0.513. The van der Waals surface area contributed by atoms with Gasteiger partial charge in [0.1, 0.15) is 11.5 Å². The molecule has 0 saturated heterocycles. The standard InChI is InChI=1S/C19H19F3N2O5/c20-19(21,22)29-16-9-5-14(6-10-16)24-18(27)23-12-13-3-7-15(8-4-13)28-11-1-2-17(25)26/h3-10H,1-2,11-12H2,(H,25,26)(H2,23,24,27). The number of hydrogen-bond acceptors (Lipinski definition) is 4. The van der Waals surface area contributed by atoms with Crippen molar-refractivity contribution in [2.24, 2.45) is 0 Å². The number of urea groups is 1. The Morgan fingerprint density at radius 2 is 1.59 bits per heavy atom. The predicted octanol–water partition coefficient (Wildman–Crippen LogP) is 4.15. The molecule has 0 saturated carbocycles. The highest BCUT2D eigenvalue weighted by molar-refractivity contribution is 5.89. The molecule has 3 N–H and O–H groups in total. The molecular formula is C19H19F3N2O5. The molecule has 0 radical (unpaired) electrons. The molecule has 0 atom stereocenters. The molecule has 2 amide bonds.